The van der Waals surface area contributed by atoms with Gasteiger partial charge in [0, 0.05) is 38.3 Å². The summed E-state index contributed by atoms with van der Waals surface area (Å²) in [6.45, 7) is 7.09. The lowest BCUT2D eigenvalue weighted by molar-refractivity contribution is -0.385. The first-order valence-corrected chi connectivity index (χ1v) is 9.78. The smallest absolute Gasteiger partial charge is 0.270 e. The molecular weight excluding hydrogens is 330 g/mol. The van der Waals surface area contributed by atoms with Gasteiger partial charge in [0.05, 0.1) is 9.82 Å². The average Bonchev–Trinajstić information content (AvgIpc) is 2.55. The first kappa shape index (κ1) is 18.8. The third-order valence-electron chi connectivity index (χ3n) is 4.41. The zero-order valence-electron chi connectivity index (χ0n) is 14.3. The summed E-state index contributed by atoms with van der Waals surface area (Å²) in [5.41, 5.74) is 0.336. The Bertz CT molecular complexity index is 683. The second kappa shape index (κ2) is 8.04. The predicted octanol–water partition coefficient (Wildman–Crippen LogP) is 2.40. The van der Waals surface area contributed by atoms with E-state index in [-0.39, 0.29) is 10.6 Å². The quantitative estimate of drug-likeness (QED) is 0.426. The largest absolute Gasteiger partial charge is 0.301 e. The molecule has 0 aromatic heterocycles. The fraction of sp³-hybridized carbons (Fsp3) is 0.625. The van der Waals surface area contributed by atoms with E-state index in [1.54, 1.807) is 6.92 Å². The van der Waals surface area contributed by atoms with Crippen molar-refractivity contribution in [1.29, 1.82) is 0 Å². The van der Waals surface area contributed by atoms with Crippen LogP contribution in [0.25, 0.3) is 0 Å². The molecule has 0 N–H and O–H groups in total. The van der Waals surface area contributed by atoms with Crippen LogP contribution >= 0.6 is 0 Å². The van der Waals surface area contributed by atoms with Crippen LogP contribution in [-0.2, 0) is 10.0 Å². The SMILES string of the molecule is CCCCCN1CCN(S(=O)(=O)c2cc([N+](=O)[O-])ccc2C)CC1. The predicted molar refractivity (Wildman–Crippen MR) is 92.6 cm³/mol. The first-order valence-electron chi connectivity index (χ1n) is 8.34. The molecule has 0 spiro atoms. The van der Waals surface area contributed by atoms with Crippen LogP contribution in [-0.4, -0.2) is 55.3 Å². The van der Waals surface area contributed by atoms with Gasteiger partial charge in [-0.25, -0.2) is 8.42 Å². The van der Waals surface area contributed by atoms with Crippen molar-refractivity contribution in [2.75, 3.05) is 32.7 Å². The minimum Gasteiger partial charge on any atom is -0.301 e. The van der Waals surface area contributed by atoms with Crippen molar-refractivity contribution in [2.24, 2.45) is 0 Å². The molecule has 1 fully saturated rings. The van der Waals surface area contributed by atoms with Gasteiger partial charge in [0.1, 0.15) is 0 Å². The van der Waals surface area contributed by atoms with Crippen LogP contribution in [0.4, 0.5) is 5.69 Å². The highest BCUT2D eigenvalue weighted by molar-refractivity contribution is 7.89. The fourth-order valence-corrected chi connectivity index (χ4v) is 4.57. The van der Waals surface area contributed by atoms with E-state index in [9.17, 15) is 18.5 Å². The van der Waals surface area contributed by atoms with Crippen LogP contribution < -0.4 is 0 Å². The number of hydrogen-bond acceptors (Lipinski definition) is 5. The fourth-order valence-electron chi connectivity index (χ4n) is 2.90. The molecule has 1 aliphatic rings. The molecule has 8 heteroatoms. The zero-order chi connectivity index (χ0) is 17.7. The highest BCUT2D eigenvalue weighted by Crippen LogP contribution is 2.25. The van der Waals surface area contributed by atoms with Crippen molar-refractivity contribution in [3.05, 3.63) is 33.9 Å². The summed E-state index contributed by atoms with van der Waals surface area (Å²) in [6, 6.07) is 3.99. The lowest BCUT2D eigenvalue weighted by atomic mass is 10.2. The second-order valence-electron chi connectivity index (χ2n) is 6.16. The lowest BCUT2D eigenvalue weighted by Crippen LogP contribution is -2.48. The minimum absolute atomic E-state index is 0.0381. The maximum Gasteiger partial charge on any atom is 0.270 e. The number of rotatable bonds is 7. The number of nitro benzene ring substituents is 1. The molecule has 1 aromatic rings. The lowest BCUT2D eigenvalue weighted by Gasteiger charge is -2.34. The molecule has 2 rings (SSSR count). The molecule has 0 saturated carbocycles. The van der Waals surface area contributed by atoms with E-state index in [2.05, 4.69) is 11.8 Å². The van der Waals surface area contributed by atoms with Gasteiger partial charge in [-0.15, -0.1) is 0 Å². The Balaban J connectivity index is 2.09. The molecule has 1 heterocycles. The molecule has 134 valence electrons. The topological polar surface area (TPSA) is 83.8 Å². The van der Waals surface area contributed by atoms with Gasteiger partial charge >= 0.3 is 0 Å². The standard InChI is InChI=1S/C16H25N3O4S/c1-3-4-5-8-17-9-11-18(12-10-17)24(22,23)16-13-15(19(20)21)7-6-14(16)2/h6-7,13H,3-5,8-12H2,1-2H3. The van der Waals surface area contributed by atoms with Gasteiger partial charge in [-0.2, -0.15) is 4.31 Å². The van der Waals surface area contributed by atoms with Crippen molar-refractivity contribution in [3.8, 4) is 0 Å². The van der Waals surface area contributed by atoms with Gasteiger partial charge in [0.15, 0.2) is 0 Å². The normalized spacial score (nSPS) is 17.1. The van der Waals surface area contributed by atoms with Crippen LogP contribution in [0.15, 0.2) is 23.1 Å². The van der Waals surface area contributed by atoms with E-state index in [1.165, 1.54) is 29.3 Å². The average molecular weight is 355 g/mol. The monoisotopic (exact) mass is 355 g/mol. The number of benzene rings is 1. The van der Waals surface area contributed by atoms with Crippen LogP contribution in [0.5, 0.6) is 0 Å². The van der Waals surface area contributed by atoms with Crippen molar-refractivity contribution in [1.82, 2.24) is 9.21 Å². The summed E-state index contributed by atoms with van der Waals surface area (Å²) < 4.78 is 27.1. The Hall–Kier alpha value is -1.51. The van der Waals surface area contributed by atoms with Crippen LogP contribution in [0.3, 0.4) is 0 Å². The molecular formula is C16H25N3O4S. The zero-order valence-corrected chi connectivity index (χ0v) is 15.1. The van der Waals surface area contributed by atoms with Crippen molar-refractivity contribution in [2.45, 2.75) is 38.0 Å². The Morgan fingerprint density at radius 1 is 1.17 bits per heavy atom. The molecule has 0 bridgehead atoms. The summed E-state index contributed by atoms with van der Waals surface area (Å²) in [6.07, 6.45) is 3.49. The highest BCUT2D eigenvalue weighted by atomic mass is 32.2. The first-order chi connectivity index (χ1) is 11.4. The molecule has 0 amide bonds. The van der Waals surface area contributed by atoms with E-state index in [0.717, 1.165) is 19.0 Å². The summed E-state index contributed by atoms with van der Waals surface area (Å²) in [7, 11) is -3.70. The summed E-state index contributed by atoms with van der Waals surface area (Å²) in [4.78, 5) is 12.7. The third-order valence-corrected chi connectivity index (χ3v) is 6.45. The molecule has 0 radical (unpaired) electrons. The second-order valence-corrected chi connectivity index (χ2v) is 8.07. The summed E-state index contributed by atoms with van der Waals surface area (Å²) in [5.74, 6) is 0. The van der Waals surface area contributed by atoms with E-state index < -0.39 is 14.9 Å². The van der Waals surface area contributed by atoms with E-state index in [0.29, 0.717) is 31.7 Å². The molecule has 1 aliphatic heterocycles. The van der Waals surface area contributed by atoms with Gasteiger partial charge < -0.3 is 4.90 Å². The number of unbranched alkanes of at least 4 members (excludes halogenated alkanes) is 2. The van der Waals surface area contributed by atoms with Gasteiger partial charge in [0.25, 0.3) is 5.69 Å². The Morgan fingerprint density at radius 2 is 1.83 bits per heavy atom. The van der Waals surface area contributed by atoms with E-state index in [1.807, 2.05) is 0 Å². The Morgan fingerprint density at radius 3 is 2.42 bits per heavy atom. The molecule has 0 atom stereocenters. The molecule has 24 heavy (non-hydrogen) atoms. The van der Waals surface area contributed by atoms with Crippen molar-refractivity contribution >= 4 is 15.7 Å². The number of aryl methyl sites for hydroxylation is 1. The molecule has 0 aliphatic carbocycles. The molecule has 7 nitrogen and oxygen atoms in total. The summed E-state index contributed by atoms with van der Waals surface area (Å²) >= 11 is 0. The number of hydrogen-bond donors (Lipinski definition) is 0. The van der Waals surface area contributed by atoms with Gasteiger partial charge in [-0.05, 0) is 25.5 Å². The van der Waals surface area contributed by atoms with Crippen molar-refractivity contribution in [3.63, 3.8) is 0 Å². The van der Waals surface area contributed by atoms with E-state index in [4.69, 9.17) is 0 Å². The van der Waals surface area contributed by atoms with E-state index >= 15 is 0 Å². The molecule has 1 aromatic carbocycles. The number of non-ortho nitro benzene ring substituents is 1. The number of sulfonamides is 1. The van der Waals surface area contributed by atoms with Crippen LogP contribution in [0.2, 0.25) is 0 Å². The maximum atomic E-state index is 12.8. The number of nitro groups is 1. The maximum absolute atomic E-state index is 12.8. The Kier molecular flexibility index (Phi) is 6.31. The minimum atomic E-state index is -3.70. The van der Waals surface area contributed by atoms with Crippen LogP contribution in [0, 0.1) is 17.0 Å². The van der Waals surface area contributed by atoms with Crippen LogP contribution in [0.1, 0.15) is 31.7 Å². The highest BCUT2D eigenvalue weighted by Gasteiger charge is 2.30. The summed E-state index contributed by atoms with van der Waals surface area (Å²) in [5, 5.41) is 10.9. The van der Waals surface area contributed by atoms with Gasteiger partial charge in [-0.3, -0.25) is 10.1 Å². The Labute approximate surface area is 143 Å². The van der Waals surface area contributed by atoms with Gasteiger partial charge in [0.2, 0.25) is 10.0 Å². The molecule has 1 saturated heterocycles. The number of nitrogens with zero attached hydrogens (tertiary/aromatic N) is 3. The van der Waals surface area contributed by atoms with Crippen molar-refractivity contribution < 1.29 is 13.3 Å². The number of piperazine rings is 1. The third kappa shape index (κ3) is 4.31. The van der Waals surface area contributed by atoms with Gasteiger partial charge in [-0.1, -0.05) is 25.8 Å². The molecule has 0 unspecified atom stereocenters.